The fraction of sp³-hybridized carbons (Fsp3) is 0.700. The molecule has 0 amide bonds. The number of rotatable bonds is 6. The lowest BCUT2D eigenvalue weighted by atomic mass is 10.3. The van der Waals surface area contributed by atoms with Crippen molar-refractivity contribution in [2.75, 3.05) is 13.2 Å². The van der Waals surface area contributed by atoms with Gasteiger partial charge in [-0.2, -0.15) is 5.26 Å². The highest BCUT2D eigenvalue weighted by molar-refractivity contribution is 5.16. The summed E-state index contributed by atoms with van der Waals surface area (Å²) in [6.45, 7) is 5.12. The first-order chi connectivity index (χ1) is 6.35. The van der Waals surface area contributed by atoms with E-state index < -0.39 is 0 Å². The summed E-state index contributed by atoms with van der Waals surface area (Å²) in [6, 6.07) is 1.76. The predicted molar refractivity (Wildman–Crippen MR) is 49.7 cm³/mol. The van der Waals surface area contributed by atoms with E-state index in [1.165, 1.54) is 0 Å². The summed E-state index contributed by atoms with van der Waals surface area (Å²) < 4.78 is 10.6. The molecule has 0 aromatic carbocycles. The Bertz CT molecular complexity index is 203. The Morgan fingerprint density at radius 2 is 1.85 bits per heavy atom. The molecule has 0 rings (SSSR count). The SMILES string of the molecule is CCOC(CCC#CC#N)OCC. The van der Waals surface area contributed by atoms with Gasteiger partial charge >= 0.3 is 0 Å². The van der Waals surface area contributed by atoms with E-state index in [9.17, 15) is 0 Å². The van der Waals surface area contributed by atoms with Gasteiger partial charge in [-0.25, -0.2) is 0 Å². The van der Waals surface area contributed by atoms with Crippen LogP contribution in [0.4, 0.5) is 0 Å². The quantitative estimate of drug-likeness (QED) is 0.462. The van der Waals surface area contributed by atoms with Crippen molar-refractivity contribution < 1.29 is 9.47 Å². The molecule has 0 bridgehead atoms. The highest BCUT2D eigenvalue weighted by Gasteiger charge is 2.05. The third-order valence-corrected chi connectivity index (χ3v) is 1.35. The molecule has 0 N–H and O–H groups in total. The molecule has 0 radical (unpaired) electrons. The largest absolute Gasteiger partial charge is 0.353 e. The Morgan fingerprint density at radius 3 is 2.31 bits per heavy atom. The fourth-order valence-corrected chi connectivity index (χ4v) is 0.879. The average molecular weight is 181 g/mol. The maximum Gasteiger partial charge on any atom is 0.158 e. The second kappa shape index (κ2) is 9.06. The van der Waals surface area contributed by atoms with Gasteiger partial charge in [0.1, 0.15) is 0 Å². The van der Waals surface area contributed by atoms with Crippen LogP contribution in [0.25, 0.3) is 0 Å². The van der Waals surface area contributed by atoms with Crippen molar-refractivity contribution in [2.24, 2.45) is 0 Å². The molecular weight excluding hydrogens is 166 g/mol. The third-order valence-electron chi connectivity index (χ3n) is 1.35. The van der Waals surface area contributed by atoms with Crippen LogP contribution >= 0.6 is 0 Å². The second-order valence-electron chi connectivity index (χ2n) is 2.29. The molecule has 0 aliphatic carbocycles. The number of ether oxygens (including phenoxy) is 2. The zero-order valence-electron chi connectivity index (χ0n) is 8.17. The topological polar surface area (TPSA) is 42.2 Å². The Labute approximate surface area is 79.6 Å². The monoisotopic (exact) mass is 181 g/mol. The molecule has 0 spiro atoms. The van der Waals surface area contributed by atoms with Crippen molar-refractivity contribution in [1.82, 2.24) is 0 Å². The van der Waals surface area contributed by atoms with E-state index in [4.69, 9.17) is 14.7 Å². The summed E-state index contributed by atoms with van der Waals surface area (Å²) in [5, 5.41) is 8.15. The summed E-state index contributed by atoms with van der Waals surface area (Å²) in [4.78, 5) is 0. The van der Waals surface area contributed by atoms with Crippen molar-refractivity contribution in [3.63, 3.8) is 0 Å². The van der Waals surface area contributed by atoms with Gasteiger partial charge in [0.05, 0.1) is 0 Å². The van der Waals surface area contributed by atoms with E-state index in [2.05, 4.69) is 11.8 Å². The van der Waals surface area contributed by atoms with Crippen LogP contribution in [0, 0.1) is 23.2 Å². The second-order valence-corrected chi connectivity index (χ2v) is 2.29. The number of hydrogen-bond acceptors (Lipinski definition) is 3. The van der Waals surface area contributed by atoms with E-state index in [-0.39, 0.29) is 6.29 Å². The Morgan fingerprint density at radius 1 is 1.23 bits per heavy atom. The normalized spacial score (nSPS) is 9.08. The van der Waals surface area contributed by atoms with Gasteiger partial charge in [-0.1, -0.05) is 5.92 Å². The standard InChI is InChI=1S/C10H15NO2/c1-3-12-10(13-4-2)8-6-5-7-9-11/h10H,3-4,6,8H2,1-2H3. The Kier molecular flexibility index (Phi) is 8.34. The molecule has 0 aromatic heterocycles. The summed E-state index contributed by atoms with van der Waals surface area (Å²) in [6.07, 6.45) is 1.18. The van der Waals surface area contributed by atoms with Gasteiger partial charge in [0.25, 0.3) is 0 Å². The molecule has 0 aliphatic rings. The zero-order chi connectivity index (χ0) is 9.94. The van der Waals surface area contributed by atoms with Crippen LogP contribution in [0.2, 0.25) is 0 Å². The van der Waals surface area contributed by atoms with E-state index in [0.29, 0.717) is 19.6 Å². The Hall–Kier alpha value is -1.03. The predicted octanol–water partition coefficient (Wildman–Crippen LogP) is 1.69. The van der Waals surface area contributed by atoms with Crippen LogP contribution < -0.4 is 0 Å². The van der Waals surface area contributed by atoms with Gasteiger partial charge in [-0.05, 0) is 13.8 Å². The molecule has 72 valence electrons. The molecule has 3 heteroatoms. The minimum atomic E-state index is -0.178. The summed E-state index contributed by atoms with van der Waals surface area (Å²) in [7, 11) is 0. The minimum absolute atomic E-state index is 0.178. The minimum Gasteiger partial charge on any atom is -0.353 e. The molecule has 0 aromatic rings. The zero-order valence-corrected chi connectivity index (χ0v) is 8.17. The fourth-order valence-electron chi connectivity index (χ4n) is 0.879. The van der Waals surface area contributed by atoms with Crippen LogP contribution in [0.1, 0.15) is 26.7 Å². The highest BCUT2D eigenvalue weighted by Crippen LogP contribution is 2.03. The number of nitriles is 1. The van der Waals surface area contributed by atoms with E-state index in [1.54, 1.807) is 6.07 Å². The Balaban J connectivity index is 3.62. The van der Waals surface area contributed by atoms with Crippen LogP contribution in [0.5, 0.6) is 0 Å². The highest BCUT2D eigenvalue weighted by atomic mass is 16.7. The molecule has 0 fully saturated rings. The number of hydrogen-bond donors (Lipinski definition) is 0. The molecule has 0 unspecified atom stereocenters. The number of nitrogens with zero attached hydrogens (tertiary/aromatic N) is 1. The molecule has 0 saturated heterocycles. The molecule has 3 nitrogen and oxygen atoms in total. The smallest absolute Gasteiger partial charge is 0.158 e. The maximum atomic E-state index is 8.15. The molecule has 0 aliphatic heterocycles. The molecule has 0 saturated carbocycles. The van der Waals surface area contributed by atoms with Crippen LogP contribution in [-0.4, -0.2) is 19.5 Å². The first-order valence-electron chi connectivity index (χ1n) is 4.45. The van der Waals surface area contributed by atoms with Crippen LogP contribution in [-0.2, 0) is 9.47 Å². The van der Waals surface area contributed by atoms with Crippen molar-refractivity contribution in [3.05, 3.63) is 0 Å². The van der Waals surface area contributed by atoms with Crippen LogP contribution in [0.15, 0.2) is 0 Å². The average Bonchev–Trinajstić information content (AvgIpc) is 2.13. The van der Waals surface area contributed by atoms with Gasteiger partial charge < -0.3 is 9.47 Å². The molecule has 0 atom stereocenters. The van der Waals surface area contributed by atoms with Gasteiger partial charge in [-0.15, -0.1) is 0 Å². The van der Waals surface area contributed by atoms with Gasteiger partial charge in [0.2, 0.25) is 0 Å². The van der Waals surface area contributed by atoms with Crippen molar-refractivity contribution in [3.8, 4) is 17.9 Å². The van der Waals surface area contributed by atoms with Gasteiger partial charge in [0, 0.05) is 32.0 Å². The van der Waals surface area contributed by atoms with E-state index >= 15 is 0 Å². The van der Waals surface area contributed by atoms with Gasteiger partial charge in [-0.3, -0.25) is 0 Å². The first kappa shape index (κ1) is 12.0. The molecular formula is C10H15NO2. The maximum absolute atomic E-state index is 8.15. The van der Waals surface area contributed by atoms with Crippen molar-refractivity contribution >= 4 is 0 Å². The molecule has 0 heterocycles. The first-order valence-corrected chi connectivity index (χ1v) is 4.45. The van der Waals surface area contributed by atoms with Crippen molar-refractivity contribution in [2.45, 2.75) is 33.0 Å². The third kappa shape index (κ3) is 7.33. The van der Waals surface area contributed by atoms with Crippen molar-refractivity contribution in [1.29, 1.82) is 5.26 Å². The summed E-state index contributed by atoms with van der Waals surface area (Å²) in [5.41, 5.74) is 0. The lowest BCUT2D eigenvalue weighted by Crippen LogP contribution is -2.16. The van der Waals surface area contributed by atoms with E-state index in [1.807, 2.05) is 13.8 Å². The van der Waals surface area contributed by atoms with Crippen LogP contribution in [0.3, 0.4) is 0 Å². The molecule has 13 heavy (non-hydrogen) atoms. The van der Waals surface area contributed by atoms with Gasteiger partial charge in [0.15, 0.2) is 12.4 Å². The van der Waals surface area contributed by atoms with E-state index in [0.717, 1.165) is 6.42 Å². The summed E-state index contributed by atoms with van der Waals surface area (Å²) in [5.74, 6) is 5.04. The summed E-state index contributed by atoms with van der Waals surface area (Å²) >= 11 is 0. The lowest BCUT2D eigenvalue weighted by Gasteiger charge is -2.14. The lowest BCUT2D eigenvalue weighted by molar-refractivity contribution is -0.138.